The van der Waals surface area contributed by atoms with E-state index >= 15 is 0 Å². The lowest BCUT2D eigenvalue weighted by Crippen LogP contribution is -2.12. The quantitative estimate of drug-likeness (QED) is 0.710. The lowest BCUT2D eigenvalue weighted by molar-refractivity contribution is 0.124. The van der Waals surface area contributed by atoms with Crippen molar-refractivity contribution in [3.63, 3.8) is 0 Å². The summed E-state index contributed by atoms with van der Waals surface area (Å²) in [5.74, 6) is 0.804. The van der Waals surface area contributed by atoms with Gasteiger partial charge in [-0.05, 0) is 49.4 Å². The molecular weight excluding hydrogens is 264 g/mol. The van der Waals surface area contributed by atoms with Gasteiger partial charge < -0.3 is 10.1 Å². The number of ether oxygens (including phenoxy) is 1. The van der Waals surface area contributed by atoms with Crippen molar-refractivity contribution in [3.8, 4) is 0 Å². The van der Waals surface area contributed by atoms with Gasteiger partial charge in [-0.25, -0.2) is 13.6 Å². The van der Waals surface area contributed by atoms with E-state index in [-0.39, 0.29) is 4.90 Å². The van der Waals surface area contributed by atoms with E-state index in [1.54, 1.807) is 12.1 Å². The summed E-state index contributed by atoms with van der Waals surface area (Å²) in [5, 5.41) is 8.24. The molecule has 0 bridgehead atoms. The summed E-state index contributed by atoms with van der Waals surface area (Å²) in [5.41, 5.74) is 0.884. The van der Waals surface area contributed by atoms with E-state index in [1.807, 2.05) is 0 Å². The molecule has 1 aromatic rings. The normalized spacial score (nSPS) is 15.4. The maximum atomic E-state index is 11.1. The van der Waals surface area contributed by atoms with Gasteiger partial charge in [0, 0.05) is 25.4 Å². The second-order valence-corrected chi connectivity index (χ2v) is 6.43. The Morgan fingerprint density at radius 2 is 1.95 bits per heavy atom. The summed E-state index contributed by atoms with van der Waals surface area (Å²) in [4.78, 5) is 0.130. The molecule has 0 atom stereocenters. The maximum Gasteiger partial charge on any atom is 0.238 e. The van der Waals surface area contributed by atoms with E-state index < -0.39 is 10.0 Å². The van der Waals surface area contributed by atoms with Crippen LogP contribution in [0, 0.1) is 5.92 Å². The zero-order valence-corrected chi connectivity index (χ0v) is 11.7. The van der Waals surface area contributed by atoms with Crippen LogP contribution in [0.4, 0.5) is 5.69 Å². The van der Waals surface area contributed by atoms with Crippen molar-refractivity contribution in [2.24, 2.45) is 11.1 Å². The van der Waals surface area contributed by atoms with E-state index in [2.05, 4.69) is 5.32 Å². The van der Waals surface area contributed by atoms with Gasteiger partial charge in [-0.2, -0.15) is 0 Å². The number of nitrogens with two attached hydrogens (primary N) is 1. The molecule has 6 heteroatoms. The number of sulfonamides is 1. The van der Waals surface area contributed by atoms with E-state index in [1.165, 1.54) is 25.0 Å². The Balaban J connectivity index is 1.65. The topological polar surface area (TPSA) is 81.4 Å². The monoisotopic (exact) mass is 284 g/mol. The van der Waals surface area contributed by atoms with Crippen LogP contribution in [0.15, 0.2) is 29.2 Å². The molecule has 1 aliphatic carbocycles. The molecule has 1 aliphatic rings. The minimum atomic E-state index is -3.60. The van der Waals surface area contributed by atoms with Gasteiger partial charge in [0.05, 0.1) is 4.90 Å². The van der Waals surface area contributed by atoms with Crippen LogP contribution in [0.25, 0.3) is 0 Å². The Labute approximate surface area is 114 Å². The first-order valence-corrected chi connectivity index (χ1v) is 8.05. The molecule has 0 radical (unpaired) electrons. The molecule has 0 saturated heterocycles. The molecule has 2 rings (SSSR count). The van der Waals surface area contributed by atoms with Gasteiger partial charge in [0.2, 0.25) is 10.0 Å². The van der Waals surface area contributed by atoms with Crippen molar-refractivity contribution in [2.75, 3.05) is 25.1 Å². The molecule has 0 heterocycles. The average molecular weight is 284 g/mol. The van der Waals surface area contributed by atoms with E-state index in [0.29, 0.717) is 0 Å². The molecule has 0 amide bonds. The van der Waals surface area contributed by atoms with Crippen molar-refractivity contribution in [3.05, 3.63) is 24.3 Å². The molecule has 0 unspecified atom stereocenters. The number of benzene rings is 1. The number of hydrogen-bond donors (Lipinski definition) is 2. The number of hydrogen-bond acceptors (Lipinski definition) is 4. The minimum absolute atomic E-state index is 0.130. The van der Waals surface area contributed by atoms with Crippen LogP contribution in [0.1, 0.15) is 19.3 Å². The van der Waals surface area contributed by atoms with Gasteiger partial charge in [0.15, 0.2) is 0 Å². The van der Waals surface area contributed by atoms with Crippen LogP contribution in [0.3, 0.4) is 0 Å². The second-order valence-electron chi connectivity index (χ2n) is 4.87. The van der Waals surface area contributed by atoms with Crippen LogP contribution in [0.5, 0.6) is 0 Å². The predicted octanol–water partition coefficient (Wildman–Crippen LogP) is 1.56. The predicted molar refractivity (Wildman–Crippen MR) is 74.5 cm³/mol. The fourth-order valence-electron chi connectivity index (χ4n) is 1.70. The fraction of sp³-hybridized carbons (Fsp3) is 0.538. The molecule has 1 saturated carbocycles. The van der Waals surface area contributed by atoms with Crippen LogP contribution in [-0.4, -0.2) is 28.2 Å². The Morgan fingerprint density at radius 1 is 1.26 bits per heavy atom. The summed E-state index contributed by atoms with van der Waals surface area (Å²) in [6, 6.07) is 6.43. The highest BCUT2D eigenvalue weighted by Gasteiger charge is 2.20. The molecule has 0 spiro atoms. The summed E-state index contributed by atoms with van der Waals surface area (Å²) in [6.07, 6.45) is 3.56. The Kier molecular flexibility index (Phi) is 4.79. The van der Waals surface area contributed by atoms with Gasteiger partial charge in [-0.15, -0.1) is 0 Å². The Morgan fingerprint density at radius 3 is 2.53 bits per heavy atom. The molecule has 19 heavy (non-hydrogen) atoms. The second kappa shape index (κ2) is 6.36. The SMILES string of the molecule is NS(=O)(=O)c1ccc(NCCCOCC2CC2)cc1. The smallest absolute Gasteiger partial charge is 0.238 e. The van der Waals surface area contributed by atoms with Crippen molar-refractivity contribution in [1.29, 1.82) is 0 Å². The minimum Gasteiger partial charge on any atom is -0.385 e. The van der Waals surface area contributed by atoms with E-state index in [9.17, 15) is 8.42 Å². The molecule has 5 nitrogen and oxygen atoms in total. The highest BCUT2D eigenvalue weighted by atomic mass is 32.2. The summed E-state index contributed by atoms with van der Waals surface area (Å²) in [7, 11) is -3.60. The van der Waals surface area contributed by atoms with Gasteiger partial charge in [0.25, 0.3) is 0 Å². The van der Waals surface area contributed by atoms with Gasteiger partial charge in [0.1, 0.15) is 0 Å². The highest BCUT2D eigenvalue weighted by molar-refractivity contribution is 7.89. The summed E-state index contributed by atoms with van der Waals surface area (Å²) < 4.78 is 27.7. The van der Waals surface area contributed by atoms with Gasteiger partial charge in [-0.3, -0.25) is 0 Å². The zero-order chi connectivity index (χ0) is 13.7. The van der Waals surface area contributed by atoms with Crippen LogP contribution in [-0.2, 0) is 14.8 Å². The van der Waals surface area contributed by atoms with Crippen LogP contribution < -0.4 is 10.5 Å². The molecule has 106 valence electrons. The van der Waals surface area contributed by atoms with Crippen molar-refractivity contribution in [1.82, 2.24) is 0 Å². The third-order valence-corrected chi connectivity index (χ3v) is 3.96. The van der Waals surface area contributed by atoms with Crippen molar-refractivity contribution in [2.45, 2.75) is 24.2 Å². The molecule has 1 aromatic carbocycles. The lowest BCUT2D eigenvalue weighted by atomic mass is 10.3. The first-order chi connectivity index (χ1) is 9.05. The highest BCUT2D eigenvalue weighted by Crippen LogP contribution is 2.28. The third-order valence-electron chi connectivity index (χ3n) is 3.03. The van der Waals surface area contributed by atoms with Gasteiger partial charge in [-0.1, -0.05) is 0 Å². The average Bonchev–Trinajstić information content (AvgIpc) is 3.17. The number of rotatable bonds is 8. The third kappa shape index (κ3) is 5.18. The molecular formula is C13H20N2O3S. The molecule has 1 fully saturated rings. The molecule has 0 aliphatic heterocycles. The first kappa shape index (κ1) is 14.3. The summed E-state index contributed by atoms with van der Waals surface area (Å²) in [6.45, 7) is 2.46. The first-order valence-electron chi connectivity index (χ1n) is 6.50. The van der Waals surface area contributed by atoms with Crippen molar-refractivity contribution >= 4 is 15.7 Å². The lowest BCUT2D eigenvalue weighted by Gasteiger charge is -2.07. The van der Waals surface area contributed by atoms with E-state index in [4.69, 9.17) is 9.88 Å². The molecule has 3 N–H and O–H groups in total. The largest absolute Gasteiger partial charge is 0.385 e. The van der Waals surface area contributed by atoms with E-state index in [0.717, 1.165) is 37.8 Å². The standard InChI is InChI=1S/C13H20N2O3S/c14-19(16,17)13-6-4-12(5-7-13)15-8-1-9-18-10-11-2-3-11/h4-7,11,15H,1-3,8-10H2,(H2,14,16,17). The van der Waals surface area contributed by atoms with Gasteiger partial charge >= 0.3 is 0 Å². The van der Waals surface area contributed by atoms with Crippen LogP contribution >= 0.6 is 0 Å². The number of nitrogens with one attached hydrogen (secondary N) is 1. The molecule has 0 aromatic heterocycles. The van der Waals surface area contributed by atoms with Crippen LogP contribution in [0.2, 0.25) is 0 Å². The Bertz CT molecular complexity index is 495. The maximum absolute atomic E-state index is 11.1. The Hall–Kier alpha value is -1.11. The van der Waals surface area contributed by atoms with Crippen molar-refractivity contribution < 1.29 is 13.2 Å². The zero-order valence-electron chi connectivity index (χ0n) is 10.8. The fourth-order valence-corrected chi connectivity index (χ4v) is 2.22. The number of anilines is 1. The number of primary sulfonamides is 1. The summed E-state index contributed by atoms with van der Waals surface area (Å²) >= 11 is 0.